The van der Waals surface area contributed by atoms with E-state index in [9.17, 15) is 8.42 Å². The number of aromatic amines is 1. The van der Waals surface area contributed by atoms with E-state index >= 15 is 0 Å². The lowest BCUT2D eigenvalue weighted by Gasteiger charge is -2.10. The molecule has 5 nitrogen and oxygen atoms in total. The van der Waals surface area contributed by atoms with Crippen LogP contribution in [0.5, 0.6) is 0 Å². The highest BCUT2D eigenvalue weighted by Crippen LogP contribution is 2.28. The van der Waals surface area contributed by atoms with Gasteiger partial charge in [-0.3, -0.25) is 9.82 Å². The second-order valence-corrected chi connectivity index (χ2v) is 6.46. The van der Waals surface area contributed by atoms with Crippen molar-refractivity contribution in [2.24, 2.45) is 0 Å². The van der Waals surface area contributed by atoms with Crippen LogP contribution in [-0.2, 0) is 10.0 Å². The fraction of sp³-hybridized carbons (Fsp3) is 0.182. The first kappa shape index (κ1) is 14.2. The lowest BCUT2D eigenvalue weighted by molar-refractivity contribution is 0.600. The van der Waals surface area contributed by atoms with Crippen LogP contribution in [0.25, 0.3) is 0 Å². The van der Waals surface area contributed by atoms with Crippen LogP contribution >= 0.6 is 23.2 Å². The van der Waals surface area contributed by atoms with Crippen molar-refractivity contribution in [2.75, 3.05) is 4.72 Å². The number of hydrogen-bond acceptors (Lipinski definition) is 3. The summed E-state index contributed by atoms with van der Waals surface area (Å²) >= 11 is 11.8. The van der Waals surface area contributed by atoms with Gasteiger partial charge in [-0.25, -0.2) is 8.42 Å². The number of halogens is 2. The molecule has 0 bridgehead atoms. The Morgan fingerprint density at radius 1 is 1.26 bits per heavy atom. The van der Waals surface area contributed by atoms with E-state index in [1.54, 1.807) is 19.9 Å². The summed E-state index contributed by atoms with van der Waals surface area (Å²) in [7, 11) is -3.76. The molecule has 8 heteroatoms. The number of benzene rings is 1. The van der Waals surface area contributed by atoms with E-state index in [4.69, 9.17) is 23.2 Å². The Bertz CT molecular complexity index is 706. The summed E-state index contributed by atoms with van der Waals surface area (Å²) in [5.41, 5.74) is 1.08. The van der Waals surface area contributed by atoms with E-state index in [2.05, 4.69) is 14.9 Å². The molecule has 0 saturated carbocycles. The standard InChI is InChI=1S/C11H11Cl2N3O2S/c1-6-11(7(2)15-14-6)19(17,18)16-10-5-8(12)3-4-9(10)13/h3-5,16H,1-2H3,(H,14,15). The number of aromatic nitrogens is 2. The molecule has 1 aromatic carbocycles. The topological polar surface area (TPSA) is 74.8 Å². The molecule has 1 aromatic heterocycles. The van der Waals surface area contributed by atoms with Crippen LogP contribution in [0.3, 0.4) is 0 Å². The van der Waals surface area contributed by atoms with E-state index in [0.29, 0.717) is 16.4 Å². The highest BCUT2D eigenvalue weighted by molar-refractivity contribution is 7.92. The minimum absolute atomic E-state index is 0.114. The average Bonchev–Trinajstić information content (AvgIpc) is 2.64. The predicted octanol–water partition coefficient (Wildman–Crippen LogP) is 3.13. The molecule has 0 aliphatic heterocycles. The van der Waals surface area contributed by atoms with Crippen LogP contribution in [-0.4, -0.2) is 18.6 Å². The number of hydrogen-bond donors (Lipinski definition) is 2. The van der Waals surface area contributed by atoms with Crippen molar-refractivity contribution >= 4 is 38.9 Å². The smallest absolute Gasteiger partial charge is 0.265 e. The van der Waals surface area contributed by atoms with Crippen molar-refractivity contribution in [3.8, 4) is 0 Å². The van der Waals surface area contributed by atoms with E-state index in [1.165, 1.54) is 12.1 Å². The summed E-state index contributed by atoms with van der Waals surface area (Å²) in [6.07, 6.45) is 0. The summed E-state index contributed by atoms with van der Waals surface area (Å²) in [6, 6.07) is 4.55. The zero-order valence-electron chi connectivity index (χ0n) is 10.2. The molecule has 102 valence electrons. The number of nitrogens with one attached hydrogen (secondary N) is 2. The lowest BCUT2D eigenvalue weighted by atomic mass is 10.3. The van der Waals surface area contributed by atoms with Gasteiger partial charge in [-0.05, 0) is 32.0 Å². The molecule has 0 radical (unpaired) electrons. The molecule has 0 aliphatic carbocycles. The van der Waals surface area contributed by atoms with Crippen molar-refractivity contribution in [3.05, 3.63) is 39.6 Å². The zero-order valence-corrected chi connectivity index (χ0v) is 12.5. The lowest BCUT2D eigenvalue weighted by Crippen LogP contribution is -2.14. The van der Waals surface area contributed by atoms with Crippen molar-refractivity contribution in [3.63, 3.8) is 0 Å². The Morgan fingerprint density at radius 2 is 1.95 bits per heavy atom. The summed E-state index contributed by atoms with van der Waals surface area (Å²) in [4.78, 5) is 0.114. The molecular weight excluding hydrogens is 309 g/mol. The summed E-state index contributed by atoms with van der Waals surface area (Å²) < 4.78 is 27.0. The number of H-pyrrole nitrogens is 1. The number of aryl methyl sites for hydroxylation is 2. The van der Waals surface area contributed by atoms with E-state index in [1.807, 2.05) is 0 Å². The number of rotatable bonds is 3. The molecule has 19 heavy (non-hydrogen) atoms. The summed E-state index contributed by atoms with van der Waals surface area (Å²) in [5.74, 6) is 0. The van der Waals surface area contributed by atoms with Crippen molar-refractivity contribution in [1.82, 2.24) is 10.2 Å². The minimum atomic E-state index is -3.76. The zero-order chi connectivity index (χ0) is 14.2. The molecule has 2 N–H and O–H groups in total. The Hall–Kier alpha value is -1.24. The molecule has 0 saturated heterocycles. The molecular formula is C11H11Cl2N3O2S. The van der Waals surface area contributed by atoms with Gasteiger partial charge in [0.2, 0.25) is 0 Å². The van der Waals surface area contributed by atoms with Gasteiger partial charge >= 0.3 is 0 Å². The predicted molar refractivity (Wildman–Crippen MR) is 75.3 cm³/mol. The Balaban J connectivity index is 2.45. The van der Waals surface area contributed by atoms with Gasteiger partial charge in [0.25, 0.3) is 10.0 Å². The molecule has 1 heterocycles. The molecule has 0 atom stereocenters. The van der Waals surface area contributed by atoms with Gasteiger partial charge in [-0.1, -0.05) is 23.2 Å². The largest absolute Gasteiger partial charge is 0.281 e. The monoisotopic (exact) mass is 319 g/mol. The molecule has 0 spiro atoms. The Labute approximate surface area is 121 Å². The number of nitrogens with zero attached hydrogens (tertiary/aromatic N) is 1. The Kier molecular flexibility index (Phi) is 3.75. The molecule has 2 rings (SSSR count). The third-order valence-corrected chi connectivity index (χ3v) is 4.69. The van der Waals surface area contributed by atoms with Gasteiger partial charge in [0.1, 0.15) is 4.90 Å². The van der Waals surface area contributed by atoms with E-state index < -0.39 is 10.0 Å². The van der Waals surface area contributed by atoms with Crippen molar-refractivity contribution < 1.29 is 8.42 Å². The van der Waals surface area contributed by atoms with Crippen molar-refractivity contribution in [1.29, 1.82) is 0 Å². The second-order valence-electron chi connectivity index (χ2n) is 3.99. The van der Waals surface area contributed by atoms with Gasteiger partial charge < -0.3 is 0 Å². The molecule has 2 aromatic rings. The first-order valence-corrected chi connectivity index (χ1v) is 7.54. The molecule has 0 amide bonds. The van der Waals surface area contributed by atoms with Gasteiger partial charge in [0.05, 0.1) is 22.1 Å². The minimum Gasteiger partial charge on any atom is -0.281 e. The normalized spacial score (nSPS) is 11.6. The highest BCUT2D eigenvalue weighted by atomic mass is 35.5. The third kappa shape index (κ3) is 2.86. The maximum absolute atomic E-state index is 12.3. The fourth-order valence-electron chi connectivity index (χ4n) is 1.71. The highest BCUT2D eigenvalue weighted by Gasteiger charge is 2.23. The van der Waals surface area contributed by atoms with Crippen LogP contribution in [0.2, 0.25) is 10.0 Å². The van der Waals surface area contributed by atoms with Gasteiger partial charge in [-0.15, -0.1) is 0 Å². The van der Waals surface area contributed by atoms with E-state index in [-0.39, 0.29) is 15.6 Å². The molecule has 0 fully saturated rings. The number of anilines is 1. The third-order valence-electron chi connectivity index (χ3n) is 2.50. The van der Waals surface area contributed by atoms with Crippen LogP contribution < -0.4 is 4.72 Å². The van der Waals surface area contributed by atoms with Gasteiger partial charge in [0.15, 0.2) is 0 Å². The molecule has 0 aliphatic rings. The summed E-state index contributed by atoms with van der Waals surface area (Å²) in [5, 5.41) is 7.15. The van der Waals surface area contributed by atoms with Gasteiger partial charge in [-0.2, -0.15) is 5.10 Å². The van der Waals surface area contributed by atoms with Gasteiger partial charge in [0, 0.05) is 5.02 Å². The van der Waals surface area contributed by atoms with Crippen LogP contribution in [0.1, 0.15) is 11.4 Å². The van der Waals surface area contributed by atoms with Crippen LogP contribution in [0.4, 0.5) is 5.69 Å². The first-order chi connectivity index (χ1) is 8.81. The maximum Gasteiger partial charge on any atom is 0.265 e. The SMILES string of the molecule is Cc1n[nH]c(C)c1S(=O)(=O)Nc1cc(Cl)ccc1Cl. The van der Waals surface area contributed by atoms with Crippen LogP contribution in [0.15, 0.2) is 23.1 Å². The fourth-order valence-corrected chi connectivity index (χ4v) is 3.54. The second kappa shape index (κ2) is 5.03. The summed E-state index contributed by atoms with van der Waals surface area (Å²) in [6.45, 7) is 3.24. The Morgan fingerprint density at radius 3 is 2.53 bits per heavy atom. The average molecular weight is 320 g/mol. The van der Waals surface area contributed by atoms with Crippen molar-refractivity contribution in [2.45, 2.75) is 18.7 Å². The number of sulfonamides is 1. The quantitative estimate of drug-likeness (QED) is 0.912. The van der Waals surface area contributed by atoms with Crippen LogP contribution in [0, 0.1) is 13.8 Å². The molecule has 0 unspecified atom stereocenters. The van der Waals surface area contributed by atoms with E-state index in [0.717, 1.165) is 0 Å². The first-order valence-electron chi connectivity index (χ1n) is 5.30. The maximum atomic E-state index is 12.3.